The number of amides is 1. The lowest BCUT2D eigenvalue weighted by atomic mass is 9.98. The highest BCUT2D eigenvalue weighted by atomic mass is 35.5. The van der Waals surface area contributed by atoms with E-state index in [1.54, 1.807) is 31.4 Å². The van der Waals surface area contributed by atoms with Crippen LogP contribution in [-0.2, 0) is 14.3 Å². The van der Waals surface area contributed by atoms with Crippen LogP contribution in [0.1, 0.15) is 23.8 Å². The summed E-state index contributed by atoms with van der Waals surface area (Å²) in [6.45, 7) is 0.698. The van der Waals surface area contributed by atoms with Crippen LogP contribution >= 0.6 is 11.6 Å². The molecule has 8 heteroatoms. The molecule has 1 saturated heterocycles. The van der Waals surface area contributed by atoms with Gasteiger partial charge in [0, 0.05) is 25.3 Å². The van der Waals surface area contributed by atoms with E-state index in [9.17, 15) is 14.7 Å². The normalized spacial score (nSPS) is 18.7. The predicted molar refractivity (Wildman–Crippen MR) is 102 cm³/mol. The van der Waals surface area contributed by atoms with Crippen LogP contribution in [0.3, 0.4) is 0 Å². The maximum atomic E-state index is 12.8. The largest absolute Gasteiger partial charge is 0.507 e. The number of ketones is 1. The van der Waals surface area contributed by atoms with E-state index in [4.69, 9.17) is 25.5 Å². The topological polar surface area (TPSA) is 89.2 Å². The van der Waals surface area contributed by atoms with E-state index < -0.39 is 17.7 Å². The smallest absolute Gasteiger partial charge is 0.295 e. The number of carbonyl (C=O) groups is 2. The molecule has 1 aliphatic heterocycles. The molecule has 1 atom stereocenters. The zero-order valence-electron chi connectivity index (χ0n) is 15.5. The fourth-order valence-electron chi connectivity index (χ4n) is 3.24. The van der Waals surface area contributed by atoms with Crippen molar-refractivity contribution in [3.8, 4) is 5.75 Å². The van der Waals surface area contributed by atoms with Crippen molar-refractivity contribution in [1.82, 2.24) is 4.90 Å². The zero-order chi connectivity index (χ0) is 20.3. The van der Waals surface area contributed by atoms with Crippen LogP contribution in [0.2, 0.25) is 5.02 Å². The molecule has 1 unspecified atom stereocenters. The third kappa shape index (κ3) is 3.63. The first kappa shape index (κ1) is 20.0. The van der Waals surface area contributed by atoms with Crippen molar-refractivity contribution in [2.75, 3.05) is 27.4 Å². The van der Waals surface area contributed by atoms with Crippen LogP contribution in [0, 0.1) is 0 Å². The first-order chi connectivity index (χ1) is 13.5. The molecule has 2 aromatic rings. The van der Waals surface area contributed by atoms with Gasteiger partial charge < -0.3 is 23.9 Å². The van der Waals surface area contributed by atoms with Crippen LogP contribution in [0.15, 0.2) is 46.6 Å². The van der Waals surface area contributed by atoms with Gasteiger partial charge in [0.15, 0.2) is 0 Å². The van der Waals surface area contributed by atoms with Crippen molar-refractivity contribution in [1.29, 1.82) is 0 Å². The van der Waals surface area contributed by atoms with Gasteiger partial charge in [0.25, 0.3) is 11.7 Å². The molecule has 7 nitrogen and oxygen atoms in total. The van der Waals surface area contributed by atoms with Crippen molar-refractivity contribution in [2.24, 2.45) is 0 Å². The van der Waals surface area contributed by atoms with Crippen molar-refractivity contribution < 1.29 is 28.6 Å². The summed E-state index contributed by atoms with van der Waals surface area (Å²) in [5.74, 6) is -1.17. The molecule has 1 fully saturated rings. The van der Waals surface area contributed by atoms with Gasteiger partial charge in [-0.3, -0.25) is 9.59 Å². The molecular weight excluding hydrogens is 386 g/mol. The van der Waals surface area contributed by atoms with Crippen LogP contribution in [0.25, 0.3) is 5.76 Å². The van der Waals surface area contributed by atoms with Crippen LogP contribution in [-0.4, -0.2) is 49.1 Å². The number of hydrogen-bond acceptors (Lipinski definition) is 6. The van der Waals surface area contributed by atoms with E-state index >= 15 is 0 Å². The van der Waals surface area contributed by atoms with E-state index in [0.29, 0.717) is 29.6 Å². The monoisotopic (exact) mass is 405 g/mol. The molecule has 1 aliphatic rings. The highest BCUT2D eigenvalue weighted by molar-refractivity contribution is 6.46. The Morgan fingerprint density at radius 2 is 2.07 bits per heavy atom. The molecule has 3 rings (SSSR count). The van der Waals surface area contributed by atoms with Crippen molar-refractivity contribution >= 4 is 29.1 Å². The van der Waals surface area contributed by atoms with E-state index in [-0.39, 0.29) is 23.4 Å². The minimum absolute atomic E-state index is 0.0714. The molecule has 0 radical (unpaired) electrons. The number of rotatable bonds is 7. The Morgan fingerprint density at radius 3 is 2.71 bits per heavy atom. The Labute approximate surface area is 167 Å². The summed E-state index contributed by atoms with van der Waals surface area (Å²) in [5.41, 5.74) is 0.152. The van der Waals surface area contributed by atoms with Gasteiger partial charge >= 0.3 is 0 Å². The second-order valence-electron chi connectivity index (χ2n) is 6.20. The van der Waals surface area contributed by atoms with Gasteiger partial charge in [-0.15, -0.1) is 0 Å². The van der Waals surface area contributed by atoms with Gasteiger partial charge in [-0.25, -0.2) is 0 Å². The average molecular weight is 406 g/mol. The third-order valence-corrected chi connectivity index (χ3v) is 4.75. The van der Waals surface area contributed by atoms with Crippen LogP contribution < -0.4 is 4.74 Å². The molecule has 1 aromatic carbocycles. The second kappa shape index (κ2) is 8.50. The van der Waals surface area contributed by atoms with Crippen molar-refractivity contribution in [3.63, 3.8) is 0 Å². The van der Waals surface area contributed by atoms with E-state index in [2.05, 4.69) is 0 Å². The van der Waals surface area contributed by atoms with E-state index in [0.717, 1.165) is 0 Å². The summed E-state index contributed by atoms with van der Waals surface area (Å²) in [5, 5.41) is 11.3. The van der Waals surface area contributed by atoms with Gasteiger partial charge in [0.05, 0.1) is 24.5 Å². The van der Waals surface area contributed by atoms with Gasteiger partial charge in [0.1, 0.15) is 23.3 Å². The lowest BCUT2D eigenvalue weighted by Gasteiger charge is -2.23. The predicted octanol–water partition coefficient (Wildman–Crippen LogP) is 3.40. The van der Waals surface area contributed by atoms with Gasteiger partial charge in [-0.2, -0.15) is 0 Å². The summed E-state index contributed by atoms with van der Waals surface area (Å²) < 4.78 is 15.8. The minimum atomic E-state index is -0.851. The number of ether oxygens (including phenoxy) is 2. The number of methoxy groups -OCH3 is 2. The molecule has 0 saturated carbocycles. The zero-order valence-corrected chi connectivity index (χ0v) is 16.2. The Morgan fingerprint density at radius 1 is 1.29 bits per heavy atom. The lowest BCUT2D eigenvalue weighted by Crippen LogP contribution is -2.31. The number of halogens is 1. The summed E-state index contributed by atoms with van der Waals surface area (Å²) in [6.07, 6.45) is 1.98. The average Bonchev–Trinajstić information content (AvgIpc) is 3.30. The Balaban J connectivity index is 2.14. The summed E-state index contributed by atoms with van der Waals surface area (Å²) in [6, 6.07) is 7.12. The van der Waals surface area contributed by atoms with Crippen molar-refractivity contribution in [2.45, 2.75) is 12.5 Å². The summed E-state index contributed by atoms with van der Waals surface area (Å²) >= 11 is 6.05. The van der Waals surface area contributed by atoms with Gasteiger partial charge in [-0.1, -0.05) is 11.6 Å². The van der Waals surface area contributed by atoms with Crippen LogP contribution in [0.5, 0.6) is 5.75 Å². The molecule has 2 heterocycles. The number of aliphatic hydroxyl groups excluding tert-OH is 1. The molecule has 1 amide bonds. The molecule has 0 bridgehead atoms. The maximum absolute atomic E-state index is 12.8. The number of likely N-dealkylation sites (tertiary alicyclic amines) is 1. The summed E-state index contributed by atoms with van der Waals surface area (Å²) in [7, 11) is 3.00. The van der Waals surface area contributed by atoms with E-state index in [1.807, 2.05) is 0 Å². The Kier molecular flexibility index (Phi) is 6.06. The maximum Gasteiger partial charge on any atom is 0.295 e. The number of nitrogens with zero attached hydrogens (tertiary/aromatic N) is 1. The van der Waals surface area contributed by atoms with E-state index in [1.165, 1.54) is 24.3 Å². The minimum Gasteiger partial charge on any atom is -0.507 e. The number of hydrogen-bond donors (Lipinski definition) is 1. The molecule has 0 spiro atoms. The first-order valence-corrected chi connectivity index (χ1v) is 9.02. The molecule has 1 N–H and O–H groups in total. The molecule has 1 aromatic heterocycles. The molecular formula is C20H20ClNO6. The molecule has 28 heavy (non-hydrogen) atoms. The fourth-order valence-corrected chi connectivity index (χ4v) is 3.41. The van der Waals surface area contributed by atoms with Gasteiger partial charge in [0.2, 0.25) is 0 Å². The number of furan rings is 1. The quantitative estimate of drug-likeness (QED) is 0.328. The van der Waals surface area contributed by atoms with Gasteiger partial charge in [-0.05, 0) is 36.8 Å². The number of carbonyl (C=O) groups excluding carboxylic acids is 2. The summed E-state index contributed by atoms with van der Waals surface area (Å²) in [4.78, 5) is 26.8. The standard InChI is InChI=1S/C20H20ClNO6/c1-26-9-4-8-22-17(15-5-3-10-28-15)16(19(24)20(22)25)18(23)13-11-12(21)6-7-14(13)27-2/h3,5-7,10-11,17,23H,4,8-9H2,1-2H3/b18-16-. The molecule has 0 aliphatic carbocycles. The van der Waals surface area contributed by atoms with Crippen LogP contribution in [0.4, 0.5) is 0 Å². The lowest BCUT2D eigenvalue weighted by molar-refractivity contribution is -0.140. The molecule has 148 valence electrons. The highest BCUT2D eigenvalue weighted by Gasteiger charge is 2.47. The number of benzene rings is 1. The van der Waals surface area contributed by atoms with Crippen molar-refractivity contribution in [3.05, 3.63) is 58.5 Å². The highest BCUT2D eigenvalue weighted by Crippen LogP contribution is 2.41. The number of aliphatic hydroxyl groups is 1. The number of Topliss-reactive ketones (excluding diaryl/α,β-unsaturated/α-hetero) is 1. The SMILES string of the molecule is COCCCN1C(=O)C(=O)/C(=C(\O)c2cc(Cl)ccc2OC)C1c1ccco1. The fraction of sp³-hybridized carbons (Fsp3) is 0.300. The Bertz CT molecular complexity index is 905. The Hall–Kier alpha value is -2.77. The second-order valence-corrected chi connectivity index (χ2v) is 6.64. The third-order valence-electron chi connectivity index (χ3n) is 4.52. The first-order valence-electron chi connectivity index (χ1n) is 8.64.